The molecule has 0 aliphatic heterocycles. The molecule has 0 spiro atoms. The van der Waals surface area contributed by atoms with Crippen LogP contribution in [0.25, 0.3) is 0 Å². The number of fused-ring (bicyclic) bond motifs is 2. The molecule has 2 aliphatic carbocycles. The Morgan fingerprint density at radius 2 is 1.48 bits per heavy atom. The molecular formula is C12H22O7S2. The molecule has 7 nitrogen and oxygen atoms in total. The highest BCUT2D eigenvalue weighted by Gasteiger charge is 2.61. The Morgan fingerprint density at radius 1 is 1.05 bits per heavy atom. The average molecular weight is 342 g/mol. The zero-order valence-electron chi connectivity index (χ0n) is 12.4. The first-order valence-electron chi connectivity index (χ1n) is 6.63. The van der Waals surface area contributed by atoms with Crippen LogP contribution in [0.3, 0.4) is 0 Å². The molecule has 0 aromatic carbocycles. The fourth-order valence-corrected chi connectivity index (χ4v) is 4.80. The molecule has 2 bridgehead atoms. The van der Waals surface area contributed by atoms with Crippen LogP contribution in [0.2, 0.25) is 0 Å². The highest BCUT2D eigenvalue weighted by molar-refractivity contribution is 7.89. The summed E-state index contributed by atoms with van der Waals surface area (Å²) in [5.41, 5.74) is 0.307. The summed E-state index contributed by atoms with van der Waals surface area (Å²) < 4.78 is 55.4. The zero-order chi connectivity index (χ0) is 16.7. The highest BCUT2D eigenvalue weighted by Crippen LogP contribution is 2.63. The number of carbonyl (C=O) groups is 1. The van der Waals surface area contributed by atoms with Crippen LogP contribution in [0.15, 0.2) is 0 Å². The van der Waals surface area contributed by atoms with E-state index in [1.165, 1.54) is 6.42 Å². The smallest absolute Gasteiger partial charge is 0.265 e. The second kappa shape index (κ2) is 5.60. The van der Waals surface area contributed by atoms with Gasteiger partial charge in [-0.3, -0.25) is 13.9 Å². The molecule has 2 saturated carbocycles. The Bertz CT molecular complexity index is 586. The molecule has 2 aliphatic rings. The molecule has 0 amide bonds. The number of rotatable bonds is 3. The van der Waals surface area contributed by atoms with E-state index >= 15 is 0 Å². The quantitative estimate of drug-likeness (QED) is 0.737. The molecule has 21 heavy (non-hydrogen) atoms. The fraction of sp³-hybridized carbons (Fsp3) is 0.917. The lowest BCUT2D eigenvalue weighted by Gasteiger charge is -2.32. The molecule has 124 valence electrons. The van der Waals surface area contributed by atoms with Crippen molar-refractivity contribution in [2.45, 2.75) is 40.0 Å². The second-order valence-electron chi connectivity index (χ2n) is 6.49. The Morgan fingerprint density at radius 3 is 1.62 bits per heavy atom. The first kappa shape index (κ1) is 18.5. The van der Waals surface area contributed by atoms with Gasteiger partial charge in [0.15, 0.2) is 0 Å². The van der Waals surface area contributed by atoms with Crippen LogP contribution in [0.5, 0.6) is 0 Å². The van der Waals surface area contributed by atoms with Crippen LogP contribution in [-0.2, 0) is 25.0 Å². The van der Waals surface area contributed by atoms with Crippen molar-refractivity contribution in [1.29, 1.82) is 0 Å². The van der Waals surface area contributed by atoms with Gasteiger partial charge < -0.3 is 0 Å². The number of hydrogen-bond acceptors (Lipinski definition) is 5. The average Bonchev–Trinajstić information content (AvgIpc) is 2.59. The summed E-state index contributed by atoms with van der Waals surface area (Å²) in [4.78, 5) is 11.6. The van der Waals surface area contributed by atoms with Gasteiger partial charge in [-0.05, 0) is 24.2 Å². The van der Waals surface area contributed by atoms with Crippen molar-refractivity contribution in [2.75, 3.05) is 11.5 Å². The van der Waals surface area contributed by atoms with Crippen LogP contribution in [0, 0.1) is 16.7 Å². The van der Waals surface area contributed by atoms with Gasteiger partial charge in [0.1, 0.15) is 5.78 Å². The molecular weight excluding hydrogens is 320 g/mol. The van der Waals surface area contributed by atoms with Crippen molar-refractivity contribution in [3.05, 3.63) is 0 Å². The lowest BCUT2D eigenvalue weighted by atomic mass is 9.70. The molecule has 0 aromatic heterocycles. The lowest BCUT2D eigenvalue weighted by molar-refractivity contribution is -0.128. The maximum atomic E-state index is 11.6. The highest BCUT2D eigenvalue weighted by atomic mass is 32.2. The molecule has 0 saturated heterocycles. The summed E-state index contributed by atoms with van der Waals surface area (Å²) in [7, 11) is -8.59. The van der Waals surface area contributed by atoms with Gasteiger partial charge >= 0.3 is 0 Å². The predicted octanol–water partition coefficient (Wildman–Crippen LogP) is 1.16. The SMILES string of the molecule is CC12CCC(CC1=O)C2(C)C.O=S(=O)(O)CCS(=O)(=O)O. The molecule has 0 radical (unpaired) electrons. The minimum Gasteiger partial charge on any atom is -0.299 e. The first-order valence-corrected chi connectivity index (χ1v) is 9.84. The Labute approximate surface area is 125 Å². The minimum atomic E-state index is -4.30. The van der Waals surface area contributed by atoms with Crippen LogP contribution < -0.4 is 0 Å². The van der Waals surface area contributed by atoms with Crippen LogP contribution in [-0.4, -0.2) is 43.2 Å². The molecule has 2 unspecified atom stereocenters. The summed E-state index contributed by atoms with van der Waals surface area (Å²) in [5.74, 6) is -0.767. The van der Waals surface area contributed by atoms with E-state index in [4.69, 9.17) is 9.11 Å². The molecule has 0 aromatic rings. The molecule has 2 atom stereocenters. The van der Waals surface area contributed by atoms with Crippen LogP contribution in [0.4, 0.5) is 0 Å². The van der Waals surface area contributed by atoms with Gasteiger partial charge in [0.05, 0.1) is 11.5 Å². The summed E-state index contributed by atoms with van der Waals surface area (Å²) in [6, 6.07) is 0. The van der Waals surface area contributed by atoms with Gasteiger partial charge in [0, 0.05) is 11.8 Å². The number of Topliss-reactive ketones (excluding diaryl/α,β-unsaturated/α-hetero) is 1. The summed E-state index contributed by atoms with van der Waals surface area (Å²) >= 11 is 0. The van der Waals surface area contributed by atoms with Crippen molar-refractivity contribution >= 4 is 26.0 Å². The summed E-state index contributed by atoms with van der Waals surface area (Å²) in [6.45, 7) is 6.67. The largest absolute Gasteiger partial charge is 0.299 e. The predicted molar refractivity (Wildman–Crippen MR) is 77.1 cm³/mol. The fourth-order valence-electron chi connectivity index (χ4n) is 3.11. The van der Waals surface area contributed by atoms with E-state index < -0.39 is 31.7 Å². The third-order valence-electron chi connectivity index (χ3n) is 5.08. The Kier molecular flexibility index (Phi) is 4.94. The van der Waals surface area contributed by atoms with Crippen molar-refractivity contribution in [1.82, 2.24) is 0 Å². The summed E-state index contributed by atoms with van der Waals surface area (Å²) in [6.07, 6.45) is 3.25. The Balaban J connectivity index is 0.000000212. The van der Waals surface area contributed by atoms with Crippen molar-refractivity contribution < 1.29 is 30.7 Å². The number of carbonyl (C=O) groups excluding carboxylic acids is 1. The maximum Gasteiger partial charge on any atom is 0.265 e. The van der Waals surface area contributed by atoms with Crippen molar-refractivity contribution in [3.8, 4) is 0 Å². The molecule has 9 heteroatoms. The van der Waals surface area contributed by atoms with Gasteiger partial charge in [0.2, 0.25) is 0 Å². The zero-order valence-corrected chi connectivity index (χ0v) is 14.0. The minimum absolute atomic E-state index is 0.0255. The van der Waals surface area contributed by atoms with Crippen molar-refractivity contribution in [2.24, 2.45) is 16.7 Å². The van der Waals surface area contributed by atoms with E-state index in [9.17, 15) is 21.6 Å². The number of ketones is 1. The number of hydrogen-bond donors (Lipinski definition) is 2. The maximum absolute atomic E-state index is 11.6. The standard InChI is InChI=1S/C10H16O.C2H6O6S2/c1-9(2)7-4-5-10(9,3)8(11)6-7;3-9(4,5)1-2-10(6,7)8/h7H,4-6H2,1-3H3;1-2H2,(H,3,4,5)(H,6,7,8). The second-order valence-corrected chi connectivity index (χ2v) is 9.63. The van der Waals surface area contributed by atoms with E-state index in [0.29, 0.717) is 11.7 Å². The molecule has 2 N–H and O–H groups in total. The van der Waals surface area contributed by atoms with E-state index in [1.54, 1.807) is 0 Å². The topological polar surface area (TPSA) is 126 Å². The molecule has 2 fully saturated rings. The molecule has 2 rings (SSSR count). The monoisotopic (exact) mass is 342 g/mol. The van der Waals surface area contributed by atoms with E-state index in [0.717, 1.165) is 12.8 Å². The third-order valence-corrected chi connectivity index (χ3v) is 6.78. The van der Waals surface area contributed by atoms with Gasteiger partial charge in [-0.25, -0.2) is 0 Å². The van der Waals surface area contributed by atoms with Crippen LogP contribution >= 0.6 is 0 Å². The van der Waals surface area contributed by atoms with E-state index in [-0.39, 0.29) is 10.8 Å². The van der Waals surface area contributed by atoms with Gasteiger partial charge in [-0.1, -0.05) is 20.8 Å². The first-order chi connectivity index (χ1) is 9.19. The summed E-state index contributed by atoms with van der Waals surface area (Å²) in [5, 5.41) is 0. The van der Waals surface area contributed by atoms with Gasteiger partial charge in [-0.2, -0.15) is 16.8 Å². The van der Waals surface area contributed by atoms with Gasteiger partial charge in [0.25, 0.3) is 20.2 Å². The molecule has 0 heterocycles. The van der Waals surface area contributed by atoms with E-state index in [2.05, 4.69) is 20.8 Å². The van der Waals surface area contributed by atoms with Crippen LogP contribution in [0.1, 0.15) is 40.0 Å². The Hall–Kier alpha value is -0.510. The lowest BCUT2D eigenvalue weighted by Crippen LogP contribution is -2.32. The van der Waals surface area contributed by atoms with Gasteiger partial charge in [-0.15, -0.1) is 0 Å². The van der Waals surface area contributed by atoms with Crippen molar-refractivity contribution in [3.63, 3.8) is 0 Å². The van der Waals surface area contributed by atoms with E-state index in [1.807, 2.05) is 0 Å². The normalized spacial score (nSPS) is 30.9. The third kappa shape index (κ3) is 4.24.